The van der Waals surface area contributed by atoms with E-state index in [2.05, 4.69) is 20.6 Å². The SMILES string of the molecule is CN=C(NCCOC1CCCCCC1)NCc1cccc(N(C)C)n1. The van der Waals surface area contributed by atoms with E-state index in [1.165, 1.54) is 38.5 Å². The van der Waals surface area contributed by atoms with E-state index in [1.807, 2.05) is 37.2 Å². The summed E-state index contributed by atoms with van der Waals surface area (Å²) in [6.45, 7) is 2.13. The third-order valence-electron chi connectivity index (χ3n) is 4.46. The highest BCUT2D eigenvalue weighted by Gasteiger charge is 2.12. The van der Waals surface area contributed by atoms with E-state index >= 15 is 0 Å². The highest BCUT2D eigenvalue weighted by molar-refractivity contribution is 5.79. The van der Waals surface area contributed by atoms with Crippen molar-refractivity contribution in [1.82, 2.24) is 15.6 Å². The average Bonchev–Trinajstić information content (AvgIpc) is 2.90. The molecule has 2 rings (SSSR count). The first kappa shape index (κ1) is 19.5. The van der Waals surface area contributed by atoms with E-state index in [4.69, 9.17) is 4.74 Å². The van der Waals surface area contributed by atoms with Gasteiger partial charge in [-0.1, -0.05) is 31.7 Å². The lowest BCUT2D eigenvalue weighted by Gasteiger charge is -2.17. The van der Waals surface area contributed by atoms with Crippen LogP contribution in [0.1, 0.15) is 44.2 Å². The van der Waals surface area contributed by atoms with Gasteiger partial charge in [-0.25, -0.2) is 4.98 Å². The largest absolute Gasteiger partial charge is 0.376 e. The van der Waals surface area contributed by atoms with Gasteiger partial charge < -0.3 is 20.3 Å². The maximum atomic E-state index is 6.00. The fourth-order valence-electron chi connectivity index (χ4n) is 3.01. The number of guanidine groups is 1. The first-order chi connectivity index (χ1) is 12.2. The highest BCUT2D eigenvalue weighted by Crippen LogP contribution is 2.19. The molecule has 0 amide bonds. The molecule has 6 heteroatoms. The molecule has 0 aromatic carbocycles. The number of hydrogen-bond donors (Lipinski definition) is 2. The molecule has 25 heavy (non-hydrogen) atoms. The predicted octanol–water partition coefficient (Wildman–Crippen LogP) is 2.55. The molecule has 140 valence electrons. The van der Waals surface area contributed by atoms with Gasteiger partial charge in [-0.3, -0.25) is 4.99 Å². The maximum absolute atomic E-state index is 6.00. The second-order valence-electron chi connectivity index (χ2n) is 6.72. The summed E-state index contributed by atoms with van der Waals surface area (Å²) in [5.74, 6) is 1.74. The number of aromatic nitrogens is 1. The number of nitrogens with one attached hydrogen (secondary N) is 2. The number of anilines is 1. The molecule has 0 bridgehead atoms. The highest BCUT2D eigenvalue weighted by atomic mass is 16.5. The summed E-state index contributed by atoms with van der Waals surface area (Å²) in [5.41, 5.74) is 0.990. The minimum Gasteiger partial charge on any atom is -0.376 e. The van der Waals surface area contributed by atoms with Crippen molar-refractivity contribution in [3.8, 4) is 0 Å². The van der Waals surface area contributed by atoms with Gasteiger partial charge in [0.15, 0.2) is 5.96 Å². The number of pyridine rings is 1. The molecule has 1 fully saturated rings. The Morgan fingerprint density at radius 1 is 1.20 bits per heavy atom. The summed E-state index contributed by atoms with van der Waals surface area (Å²) in [6.07, 6.45) is 8.19. The van der Waals surface area contributed by atoms with Crippen molar-refractivity contribution in [2.75, 3.05) is 39.2 Å². The summed E-state index contributed by atoms with van der Waals surface area (Å²) in [7, 11) is 5.77. The van der Waals surface area contributed by atoms with Crippen LogP contribution in [0.5, 0.6) is 0 Å². The Hall–Kier alpha value is -1.82. The van der Waals surface area contributed by atoms with Gasteiger partial charge in [0.2, 0.25) is 0 Å². The number of ether oxygens (including phenoxy) is 1. The molecule has 1 aromatic heterocycles. The number of nitrogens with zero attached hydrogens (tertiary/aromatic N) is 3. The molecule has 1 aliphatic rings. The average molecular weight is 348 g/mol. The second-order valence-corrected chi connectivity index (χ2v) is 6.72. The Kier molecular flexibility index (Phi) is 8.52. The molecule has 2 N–H and O–H groups in total. The molecule has 1 aliphatic carbocycles. The van der Waals surface area contributed by atoms with Crippen LogP contribution in [0.4, 0.5) is 5.82 Å². The van der Waals surface area contributed by atoms with Crippen LogP contribution in [0, 0.1) is 0 Å². The monoisotopic (exact) mass is 347 g/mol. The van der Waals surface area contributed by atoms with Crippen LogP contribution in [0.15, 0.2) is 23.2 Å². The molecule has 1 aromatic rings. The Balaban J connectivity index is 1.67. The lowest BCUT2D eigenvalue weighted by molar-refractivity contribution is 0.0468. The number of hydrogen-bond acceptors (Lipinski definition) is 4. The third kappa shape index (κ3) is 7.30. The zero-order chi connectivity index (χ0) is 17.9. The van der Waals surface area contributed by atoms with Crippen molar-refractivity contribution in [2.24, 2.45) is 4.99 Å². The Morgan fingerprint density at radius 2 is 1.96 bits per heavy atom. The van der Waals surface area contributed by atoms with Gasteiger partial charge in [0, 0.05) is 27.7 Å². The van der Waals surface area contributed by atoms with Crippen molar-refractivity contribution in [3.05, 3.63) is 23.9 Å². The van der Waals surface area contributed by atoms with E-state index in [9.17, 15) is 0 Å². The lowest BCUT2D eigenvalue weighted by atomic mass is 10.1. The van der Waals surface area contributed by atoms with Crippen molar-refractivity contribution in [1.29, 1.82) is 0 Å². The molecule has 1 saturated carbocycles. The molecule has 0 spiro atoms. The molecular formula is C19H33N5O. The summed E-state index contributed by atoms with van der Waals surface area (Å²) < 4.78 is 6.00. The molecule has 1 heterocycles. The summed E-state index contributed by atoms with van der Waals surface area (Å²) >= 11 is 0. The number of aliphatic imine (C=N–C) groups is 1. The standard InChI is InChI=1S/C19H33N5O/c1-20-19(21-13-14-25-17-10-6-4-5-7-11-17)22-15-16-9-8-12-18(23-16)24(2)3/h8-9,12,17H,4-7,10-11,13-15H2,1-3H3,(H2,20,21,22). The van der Waals surface area contributed by atoms with Gasteiger partial charge in [-0.15, -0.1) is 0 Å². The van der Waals surface area contributed by atoms with Crippen molar-refractivity contribution < 1.29 is 4.74 Å². The first-order valence-electron chi connectivity index (χ1n) is 9.38. The molecule has 0 aliphatic heterocycles. The van der Waals surface area contributed by atoms with Crippen LogP contribution >= 0.6 is 0 Å². The molecule has 0 saturated heterocycles. The first-order valence-corrected chi connectivity index (χ1v) is 9.38. The molecule has 0 atom stereocenters. The summed E-state index contributed by atoms with van der Waals surface area (Å²) in [6, 6.07) is 6.04. The van der Waals surface area contributed by atoms with E-state index in [0.717, 1.165) is 30.6 Å². The van der Waals surface area contributed by atoms with Crippen LogP contribution in [0.3, 0.4) is 0 Å². The fourth-order valence-corrected chi connectivity index (χ4v) is 3.01. The lowest BCUT2D eigenvalue weighted by Crippen LogP contribution is -2.39. The van der Waals surface area contributed by atoms with Gasteiger partial charge in [0.25, 0.3) is 0 Å². The normalized spacial score (nSPS) is 16.4. The van der Waals surface area contributed by atoms with E-state index < -0.39 is 0 Å². The van der Waals surface area contributed by atoms with Gasteiger partial charge in [-0.05, 0) is 25.0 Å². The van der Waals surface area contributed by atoms with Gasteiger partial charge in [0.05, 0.1) is 24.9 Å². The molecule has 0 unspecified atom stereocenters. The van der Waals surface area contributed by atoms with Crippen LogP contribution in [-0.4, -0.2) is 51.3 Å². The maximum Gasteiger partial charge on any atom is 0.191 e. The Morgan fingerprint density at radius 3 is 2.64 bits per heavy atom. The van der Waals surface area contributed by atoms with E-state index in [0.29, 0.717) is 12.6 Å². The Labute approximate surface area is 152 Å². The third-order valence-corrected chi connectivity index (χ3v) is 4.46. The van der Waals surface area contributed by atoms with Crippen LogP contribution in [0.25, 0.3) is 0 Å². The van der Waals surface area contributed by atoms with Crippen LogP contribution in [-0.2, 0) is 11.3 Å². The Bertz CT molecular complexity index is 524. The van der Waals surface area contributed by atoms with E-state index in [1.54, 1.807) is 7.05 Å². The van der Waals surface area contributed by atoms with Crippen LogP contribution < -0.4 is 15.5 Å². The zero-order valence-corrected chi connectivity index (χ0v) is 15.9. The minimum atomic E-state index is 0.442. The second kappa shape index (κ2) is 10.9. The molecule has 6 nitrogen and oxygen atoms in total. The summed E-state index contributed by atoms with van der Waals surface area (Å²) in [5, 5.41) is 6.61. The molecular weight excluding hydrogens is 314 g/mol. The number of rotatable bonds is 7. The van der Waals surface area contributed by atoms with Crippen molar-refractivity contribution in [2.45, 2.75) is 51.2 Å². The minimum absolute atomic E-state index is 0.442. The van der Waals surface area contributed by atoms with Gasteiger partial charge >= 0.3 is 0 Å². The topological polar surface area (TPSA) is 61.8 Å². The van der Waals surface area contributed by atoms with Gasteiger partial charge in [-0.2, -0.15) is 0 Å². The summed E-state index contributed by atoms with van der Waals surface area (Å²) in [4.78, 5) is 10.9. The van der Waals surface area contributed by atoms with Crippen molar-refractivity contribution in [3.63, 3.8) is 0 Å². The quantitative estimate of drug-likeness (QED) is 0.343. The fraction of sp³-hybridized carbons (Fsp3) is 0.684. The van der Waals surface area contributed by atoms with Gasteiger partial charge in [0.1, 0.15) is 5.82 Å². The smallest absolute Gasteiger partial charge is 0.191 e. The molecule has 0 radical (unpaired) electrons. The zero-order valence-electron chi connectivity index (χ0n) is 15.9. The van der Waals surface area contributed by atoms with Crippen molar-refractivity contribution >= 4 is 11.8 Å². The van der Waals surface area contributed by atoms with Crippen LogP contribution in [0.2, 0.25) is 0 Å². The van der Waals surface area contributed by atoms with E-state index in [-0.39, 0.29) is 0 Å². The predicted molar refractivity (Wildman–Crippen MR) is 104 cm³/mol.